The zero-order valence-corrected chi connectivity index (χ0v) is 11.4. The molecule has 0 aromatic heterocycles. The first-order valence-corrected chi connectivity index (χ1v) is 6.18. The molecule has 0 saturated carbocycles. The predicted octanol–water partition coefficient (Wildman–Crippen LogP) is 1.70. The van der Waals surface area contributed by atoms with Gasteiger partial charge in [-0.15, -0.1) is 0 Å². The summed E-state index contributed by atoms with van der Waals surface area (Å²) in [5.74, 6) is -0.444. The molecule has 0 aliphatic carbocycles. The lowest BCUT2D eigenvalue weighted by atomic mass is 10.2. The average molecular weight is 299 g/mol. The highest BCUT2D eigenvalue weighted by Crippen LogP contribution is 2.11. The van der Waals surface area contributed by atoms with Crippen LogP contribution in [0.15, 0.2) is 28.7 Å². The molecule has 0 aliphatic heterocycles. The van der Waals surface area contributed by atoms with Crippen molar-refractivity contribution in [2.45, 2.75) is 19.9 Å². The highest BCUT2D eigenvalue weighted by Gasteiger charge is 2.15. The van der Waals surface area contributed by atoms with Crippen LogP contribution in [-0.2, 0) is 4.79 Å². The van der Waals surface area contributed by atoms with Gasteiger partial charge in [-0.05, 0) is 32.0 Å². The fourth-order valence-electron chi connectivity index (χ4n) is 1.30. The molecule has 0 radical (unpaired) electrons. The number of carbonyl (C=O) groups excluding carboxylic acids is 2. The molecule has 0 spiro atoms. The van der Waals surface area contributed by atoms with E-state index in [9.17, 15) is 9.59 Å². The molecule has 1 aromatic rings. The Hall–Kier alpha value is -1.36. The summed E-state index contributed by atoms with van der Waals surface area (Å²) in [5.41, 5.74) is 0.524. The van der Waals surface area contributed by atoms with Crippen molar-refractivity contribution in [2.75, 3.05) is 6.54 Å². The molecule has 2 amide bonds. The van der Waals surface area contributed by atoms with Crippen LogP contribution in [0.3, 0.4) is 0 Å². The number of hydrogen-bond acceptors (Lipinski definition) is 2. The molecule has 4 nitrogen and oxygen atoms in total. The van der Waals surface area contributed by atoms with Crippen LogP contribution in [0.1, 0.15) is 24.2 Å². The van der Waals surface area contributed by atoms with Crippen molar-refractivity contribution in [2.24, 2.45) is 0 Å². The number of carbonyl (C=O) groups is 2. The van der Waals surface area contributed by atoms with Crippen molar-refractivity contribution in [3.8, 4) is 0 Å². The summed E-state index contributed by atoms with van der Waals surface area (Å²) in [5, 5.41) is 5.29. The van der Waals surface area contributed by atoms with Gasteiger partial charge in [0.25, 0.3) is 5.91 Å². The van der Waals surface area contributed by atoms with E-state index in [1.165, 1.54) is 0 Å². The molecule has 2 N–H and O–H groups in total. The molecule has 0 bridgehead atoms. The summed E-state index contributed by atoms with van der Waals surface area (Å²) < 4.78 is 0.829. The molecule has 92 valence electrons. The third kappa shape index (κ3) is 4.19. The van der Waals surface area contributed by atoms with Crippen LogP contribution in [0.25, 0.3) is 0 Å². The maximum absolute atomic E-state index is 11.8. The molecule has 0 heterocycles. The average Bonchev–Trinajstić information content (AvgIpc) is 2.29. The van der Waals surface area contributed by atoms with Crippen LogP contribution in [-0.4, -0.2) is 24.4 Å². The van der Waals surface area contributed by atoms with Gasteiger partial charge in [-0.3, -0.25) is 9.59 Å². The number of nitrogens with one attached hydrogen (secondary N) is 2. The van der Waals surface area contributed by atoms with Gasteiger partial charge < -0.3 is 10.6 Å². The maximum atomic E-state index is 11.8. The summed E-state index contributed by atoms with van der Waals surface area (Å²) in [6, 6.07) is 6.48. The minimum Gasteiger partial charge on any atom is -0.355 e. The van der Waals surface area contributed by atoms with Crippen LogP contribution in [0.2, 0.25) is 0 Å². The van der Waals surface area contributed by atoms with E-state index in [-0.39, 0.29) is 11.8 Å². The minimum absolute atomic E-state index is 0.184. The van der Waals surface area contributed by atoms with E-state index in [0.717, 1.165) is 4.47 Å². The Balaban J connectivity index is 2.63. The van der Waals surface area contributed by atoms with Crippen molar-refractivity contribution in [1.29, 1.82) is 0 Å². The number of halogens is 1. The van der Waals surface area contributed by atoms with E-state index >= 15 is 0 Å². The fraction of sp³-hybridized carbons (Fsp3) is 0.333. The van der Waals surface area contributed by atoms with Gasteiger partial charge >= 0.3 is 0 Å². The molecule has 5 heteroatoms. The van der Waals surface area contributed by atoms with Crippen molar-refractivity contribution >= 4 is 27.7 Å². The first-order chi connectivity index (χ1) is 8.04. The van der Waals surface area contributed by atoms with Crippen LogP contribution in [0, 0.1) is 0 Å². The number of amides is 2. The Bertz CT molecular complexity index is 421. The summed E-state index contributed by atoms with van der Waals surface area (Å²) >= 11 is 3.29. The van der Waals surface area contributed by atoms with E-state index in [1.54, 1.807) is 25.1 Å². The molecular weight excluding hydrogens is 284 g/mol. The highest BCUT2D eigenvalue weighted by atomic mass is 79.9. The summed E-state index contributed by atoms with van der Waals surface area (Å²) in [7, 11) is 0. The van der Waals surface area contributed by atoms with Crippen molar-refractivity contribution in [1.82, 2.24) is 10.6 Å². The number of hydrogen-bond donors (Lipinski definition) is 2. The van der Waals surface area contributed by atoms with Gasteiger partial charge in [0, 0.05) is 16.6 Å². The predicted molar refractivity (Wildman–Crippen MR) is 69.8 cm³/mol. The lowest BCUT2D eigenvalue weighted by Crippen LogP contribution is -2.44. The Morgan fingerprint density at radius 1 is 1.41 bits per heavy atom. The standard InChI is InChI=1S/C12H15BrN2O2/c1-3-14-11(16)8(2)15-12(17)9-5-4-6-10(13)7-9/h4-8H,3H2,1-2H3,(H,14,16)(H,15,17). The molecule has 0 aliphatic rings. The Morgan fingerprint density at radius 2 is 2.12 bits per heavy atom. The molecule has 0 saturated heterocycles. The van der Waals surface area contributed by atoms with Crippen LogP contribution < -0.4 is 10.6 Å². The van der Waals surface area contributed by atoms with Gasteiger partial charge in [0.1, 0.15) is 6.04 Å². The van der Waals surface area contributed by atoms with Gasteiger partial charge in [0.05, 0.1) is 0 Å². The molecule has 1 atom stereocenters. The lowest BCUT2D eigenvalue weighted by Gasteiger charge is -2.13. The smallest absolute Gasteiger partial charge is 0.251 e. The number of benzene rings is 1. The van der Waals surface area contributed by atoms with Crippen LogP contribution in [0.4, 0.5) is 0 Å². The Labute approximate surface area is 109 Å². The Morgan fingerprint density at radius 3 is 2.71 bits per heavy atom. The van der Waals surface area contributed by atoms with E-state index in [2.05, 4.69) is 26.6 Å². The van der Waals surface area contributed by atoms with Crippen LogP contribution >= 0.6 is 15.9 Å². The Kier molecular flexibility index (Phi) is 5.15. The largest absolute Gasteiger partial charge is 0.355 e. The first-order valence-electron chi connectivity index (χ1n) is 5.38. The van der Waals surface area contributed by atoms with Gasteiger partial charge in [-0.25, -0.2) is 0 Å². The van der Waals surface area contributed by atoms with Crippen molar-refractivity contribution < 1.29 is 9.59 Å². The quantitative estimate of drug-likeness (QED) is 0.889. The molecule has 1 aromatic carbocycles. The molecular formula is C12H15BrN2O2. The number of likely N-dealkylation sites (N-methyl/N-ethyl adjacent to an activating group) is 1. The molecule has 0 fully saturated rings. The lowest BCUT2D eigenvalue weighted by molar-refractivity contribution is -0.122. The minimum atomic E-state index is -0.540. The fourth-order valence-corrected chi connectivity index (χ4v) is 1.70. The van der Waals surface area contributed by atoms with Gasteiger partial charge in [-0.1, -0.05) is 22.0 Å². The third-order valence-electron chi connectivity index (χ3n) is 2.18. The van der Waals surface area contributed by atoms with E-state index in [4.69, 9.17) is 0 Å². The highest BCUT2D eigenvalue weighted by molar-refractivity contribution is 9.10. The topological polar surface area (TPSA) is 58.2 Å². The van der Waals surface area contributed by atoms with E-state index < -0.39 is 6.04 Å². The second kappa shape index (κ2) is 6.39. The van der Waals surface area contributed by atoms with E-state index in [1.807, 2.05) is 13.0 Å². The van der Waals surface area contributed by atoms with Gasteiger partial charge in [-0.2, -0.15) is 0 Å². The van der Waals surface area contributed by atoms with Gasteiger partial charge in [0.15, 0.2) is 0 Å². The maximum Gasteiger partial charge on any atom is 0.251 e. The van der Waals surface area contributed by atoms with E-state index in [0.29, 0.717) is 12.1 Å². The molecule has 17 heavy (non-hydrogen) atoms. The summed E-state index contributed by atoms with van der Waals surface area (Å²) in [4.78, 5) is 23.2. The SMILES string of the molecule is CCNC(=O)C(C)NC(=O)c1cccc(Br)c1. The van der Waals surface area contributed by atoms with Crippen molar-refractivity contribution in [3.63, 3.8) is 0 Å². The second-order valence-electron chi connectivity index (χ2n) is 3.60. The van der Waals surface area contributed by atoms with Gasteiger partial charge in [0.2, 0.25) is 5.91 Å². The zero-order chi connectivity index (χ0) is 12.8. The molecule has 1 unspecified atom stereocenters. The molecule has 1 rings (SSSR count). The number of rotatable bonds is 4. The summed E-state index contributed by atoms with van der Waals surface area (Å²) in [6.07, 6.45) is 0. The van der Waals surface area contributed by atoms with Crippen molar-refractivity contribution in [3.05, 3.63) is 34.3 Å². The normalized spacial score (nSPS) is 11.7. The first kappa shape index (κ1) is 13.7. The third-order valence-corrected chi connectivity index (χ3v) is 2.67. The zero-order valence-electron chi connectivity index (χ0n) is 9.79. The van der Waals surface area contributed by atoms with Crippen LogP contribution in [0.5, 0.6) is 0 Å². The monoisotopic (exact) mass is 298 g/mol. The second-order valence-corrected chi connectivity index (χ2v) is 4.52. The summed E-state index contributed by atoms with van der Waals surface area (Å²) in [6.45, 7) is 4.04.